The summed E-state index contributed by atoms with van der Waals surface area (Å²) in [6.07, 6.45) is 0. The maximum Gasteiger partial charge on any atom is 0.221 e. The predicted octanol–water partition coefficient (Wildman–Crippen LogP) is 3.10. The molecular formula is C22H30N4O3. The number of anilines is 1. The monoisotopic (exact) mass is 398 g/mol. The fourth-order valence-electron chi connectivity index (χ4n) is 2.70. The Kier molecular flexibility index (Phi) is 8.82. The van der Waals surface area contributed by atoms with E-state index in [0.717, 1.165) is 11.3 Å². The van der Waals surface area contributed by atoms with Crippen molar-refractivity contribution in [2.75, 3.05) is 32.1 Å². The SMILES string of the molecule is CCOc1cc(C)ccc1CNC(=NC)NCCOc1cccc(NC(C)=O)c1. The normalized spacial score (nSPS) is 11.0. The number of benzene rings is 2. The molecule has 0 aromatic heterocycles. The average Bonchev–Trinajstić information content (AvgIpc) is 2.69. The van der Waals surface area contributed by atoms with E-state index in [1.54, 1.807) is 13.1 Å². The molecule has 3 N–H and O–H groups in total. The molecule has 0 aliphatic carbocycles. The van der Waals surface area contributed by atoms with Gasteiger partial charge in [-0.2, -0.15) is 0 Å². The fourth-order valence-corrected chi connectivity index (χ4v) is 2.70. The number of nitrogens with one attached hydrogen (secondary N) is 3. The van der Waals surface area contributed by atoms with E-state index in [-0.39, 0.29) is 5.91 Å². The zero-order chi connectivity index (χ0) is 21.1. The van der Waals surface area contributed by atoms with Gasteiger partial charge in [0.15, 0.2) is 5.96 Å². The van der Waals surface area contributed by atoms with E-state index in [1.807, 2.05) is 38.1 Å². The summed E-state index contributed by atoms with van der Waals surface area (Å²) < 4.78 is 11.5. The van der Waals surface area contributed by atoms with E-state index in [2.05, 4.69) is 33.1 Å². The Balaban J connectivity index is 1.79. The summed E-state index contributed by atoms with van der Waals surface area (Å²) in [5.74, 6) is 2.16. The topological polar surface area (TPSA) is 84.0 Å². The van der Waals surface area contributed by atoms with Crippen LogP contribution in [0.15, 0.2) is 47.5 Å². The molecule has 156 valence electrons. The standard InChI is InChI=1S/C22H30N4O3/c1-5-28-21-13-16(2)9-10-18(21)15-25-22(23-4)24-11-12-29-20-8-6-7-19(14-20)26-17(3)27/h6-10,13-14H,5,11-12,15H2,1-4H3,(H,26,27)(H2,23,24,25). The molecule has 0 heterocycles. The van der Waals surface area contributed by atoms with Crippen LogP contribution in [-0.2, 0) is 11.3 Å². The van der Waals surface area contributed by atoms with Crippen LogP contribution in [0.2, 0.25) is 0 Å². The molecule has 7 heteroatoms. The number of amides is 1. The second kappa shape index (κ2) is 11.6. The van der Waals surface area contributed by atoms with Gasteiger partial charge in [-0.1, -0.05) is 18.2 Å². The number of carbonyl (C=O) groups excluding carboxylic acids is 1. The molecule has 1 amide bonds. The number of aliphatic imine (C=N–C) groups is 1. The molecule has 2 aromatic carbocycles. The summed E-state index contributed by atoms with van der Waals surface area (Å²) in [6.45, 7) is 7.77. The number of ether oxygens (including phenoxy) is 2. The number of guanidine groups is 1. The largest absolute Gasteiger partial charge is 0.494 e. The van der Waals surface area contributed by atoms with Crippen LogP contribution in [-0.4, -0.2) is 38.7 Å². The lowest BCUT2D eigenvalue weighted by Gasteiger charge is -2.15. The summed E-state index contributed by atoms with van der Waals surface area (Å²) in [5.41, 5.74) is 2.95. The first-order valence-corrected chi connectivity index (χ1v) is 9.69. The molecule has 0 radical (unpaired) electrons. The summed E-state index contributed by atoms with van der Waals surface area (Å²) in [4.78, 5) is 15.4. The van der Waals surface area contributed by atoms with Gasteiger partial charge >= 0.3 is 0 Å². The lowest BCUT2D eigenvalue weighted by molar-refractivity contribution is -0.114. The summed E-state index contributed by atoms with van der Waals surface area (Å²) in [6, 6.07) is 13.5. The summed E-state index contributed by atoms with van der Waals surface area (Å²) in [7, 11) is 1.73. The molecule has 2 rings (SSSR count). The van der Waals surface area contributed by atoms with E-state index >= 15 is 0 Å². The smallest absolute Gasteiger partial charge is 0.221 e. The lowest BCUT2D eigenvalue weighted by atomic mass is 10.1. The van der Waals surface area contributed by atoms with E-state index in [9.17, 15) is 4.79 Å². The molecule has 0 aliphatic rings. The fraction of sp³-hybridized carbons (Fsp3) is 0.364. The third-order valence-corrected chi connectivity index (χ3v) is 4.01. The second-order valence-corrected chi connectivity index (χ2v) is 6.45. The number of hydrogen-bond acceptors (Lipinski definition) is 4. The van der Waals surface area contributed by atoms with Crippen molar-refractivity contribution in [1.82, 2.24) is 10.6 Å². The molecule has 0 atom stereocenters. The van der Waals surface area contributed by atoms with Crippen LogP contribution in [0.3, 0.4) is 0 Å². The third kappa shape index (κ3) is 7.73. The Hall–Kier alpha value is -3.22. The molecule has 29 heavy (non-hydrogen) atoms. The molecule has 0 saturated heterocycles. The van der Waals surface area contributed by atoms with Crippen LogP contribution < -0.4 is 25.4 Å². The number of aryl methyl sites for hydroxylation is 1. The van der Waals surface area contributed by atoms with Crippen molar-refractivity contribution in [3.63, 3.8) is 0 Å². The van der Waals surface area contributed by atoms with Gasteiger partial charge in [0.25, 0.3) is 0 Å². The van der Waals surface area contributed by atoms with E-state index in [1.165, 1.54) is 12.5 Å². The van der Waals surface area contributed by atoms with E-state index in [0.29, 0.717) is 43.7 Å². The first-order chi connectivity index (χ1) is 14.0. The van der Waals surface area contributed by atoms with Crippen molar-refractivity contribution in [3.05, 3.63) is 53.6 Å². The molecule has 0 unspecified atom stereocenters. The van der Waals surface area contributed by atoms with E-state index in [4.69, 9.17) is 9.47 Å². The minimum Gasteiger partial charge on any atom is -0.494 e. The highest BCUT2D eigenvalue weighted by atomic mass is 16.5. The maximum absolute atomic E-state index is 11.1. The number of carbonyl (C=O) groups is 1. The minimum absolute atomic E-state index is 0.111. The quantitative estimate of drug-likeness (QED) is 0.343. The Labute approximate surface area is 172 Å². The minimum atomic E-state index is -0.111. The first kappa shape index (κ1) is 22.1. The predicted molar refractivity (Wildman–Crippen MR) is 117 cm³/mol. The molecule has 2 aromatic rings. The van der Waals surface area contributed by atoms with Crippen molar-refractivity contribution in [2.45, 2.75) is 27.3 Å². The summed E-state index contributed by atoms with van der Waals surface area (Å²) >= 11 is 0. The number of nitrogens with zero attached hydrogens (tertiary/aromatic N) is 1. The highest BCUT2D eigenvalue weighted by Crippen LogP contribution is 2.20. The molecule has 0 spiro atoms. The Bertz CT molecular complexity index is 837. The van der Waals surface area contributed by atoms with Crippen molar-refractivity contribution in [2.24, 2.45) is 4.99 Å². The van der Waals surface area contributed by atoms with E-state index < -0.39 is 0 Å². The van der Waals surface area contributed by atoms with Crippen LogP contribution in [0, 0.1) is 6.92 Å². The molecular weight excluding hydrogens is 368 g/mol. The van der Waals surface area contributed by atoms with Gasteiger partial charge in [0.2, 0.25) is 5.91 Å². The highest BCUT2D eigenvalue weighted by molar-refractivity contribution is 5.88. The van der Waals surface area contributed by atoms with Crippen molar-refractivity contribution in [1.29, 1.82) is 0 Å². The van der Waals surface area contributed by atoms with Gasteiger partial charge in [0.1, 0.15) is 18.1 Å². The number of rotatable bonds is 9. The van der Waals surface area contributed by atoms with Crippen LogP contribution in [0.25, 0.3) is 0 Å². The average molecular weight is 399 g/mol. The van der Waals surface area contributed by atoms with Gasteiger partial charge in [-0.25, -0.2) is 0 Å². The van der Waals surface area contributed by atoms with Gasteiger partial charge in [0, 0.05) is 37.8 Å². The molecule has 0 aliphatic heterocycles. The van der Waals surface area contributed by atoms with Gasteiger partial charge < -0.3 is 25.4 Å². The van der Waals surface area contributed by atoms with Crippen LogP contribution in [0.1, 0.15) is 25.0 Å². The molecule has 0 saturated carbocycles. The van der Waals surface area contributed by atoms with Gasteiger partial charge in [-0.3, -0.25) is 9.79 Å². The highest BCUT2D eigenvalue weighted by Gasteiger charge is 2.05. The Morgan fingerprint density at radius 1 is 1.10 bits per heavy atom. The van der Waals surface area contributed by atoms with Gasteiger partial charge in [-0.05, 0) is 37.6 Å². The molecule has 0 fully saturated rings. The Morgan fingerprint density at radius 3 is 2.66 bits per heavy atom. The summed E-state index contributed by atoms with van der Waals surface area (Å²) in [5, 5.41) is 9.25. The van der Waals surface area contributed by atoms with Gasteiger partial charge in [-0.15, -0.1) is 0 Å². The van der Waals surface area contributed by atoms with Crippen molar-refractivity contribution >= 4 is 17.6 Å². The zero-order valence-corrected chi connectivity index (χ0v) is 17.5. The zero-order valence-electron chi connectivity index (χ0n) is 17.5. The second-order valence-electron chi connectivity index (χ2n) is 6.45. The van der Waals surface area contributed by atoms with Crippen molar-refractivity contribution in [3.8, 4) is 11.5 Å². The van der Waals surface area contributed by atoms with Crippen LogP contribution >= 0.6 is 0 Å². The van der Waals surface area contributed by atoms with Crippen LogP contribution in [0.5, 0.6) is 11.5 Å². The molecule has 7 nitrogen and oxygen atoms in total. The first-order valence-electron chi connectivity index (χ1n) is 9.69. The third-order valence-electron chi connectivity index (χ3n) is 4.01. The van der Waals surface area contributed by atoms with Crippen molar-refractivity contribution < 1.29 is 14.3 Å². The molecule has 0 bridgehead atoms. The maximum atomic E-state index is 11.1. The van der Waals surface area contributed by atoms with Crippen LogP contribution in [0.4, 0.5) is 5.69 Å². The number of hydrogen-bond donors (Lipinski definition) is 3. The Morgan fingerprint density at radius 2 is 1.93 bits per heavy atom. The lowest BCUT2D eigenvalue weighted by Crippen LogP contribution is -2.38. The van der Waals surface area contributed by atoms with Gasteiger partial charge in [0.05, 0.1) is 13.2 Å².